The molecule has 3 aliphatic heterocycles. The Morgan fingerprint density at radius 2 is 1.60 bits per heavy atom. The first-order valence-electron chi connectivity index (χ1n) is 17.2. The van der Waals surface area contributed by atoms with E-state index in [1.807, 2.05) is 65.6 Å². The molecule has 6 aliphatic rings. The maximum Gasteiger partial charge on any atom is 0.481 e. The molecule has 10 nitrogen and oxygen atoms in total. The van der Waals surface area contributed by atoms with Gasteiger partial charge in [-0.25, -0.2) is 9.59 Å². The summed E-state index contributed by atoms with van der Waals surface area (Å²) in [5.41, 5.74) is 1.64. The lowest BCUT2D eigenvalue weighted by molar-refractivity contribution is -0.199. The Balaban J connectivity index is 1.02. The molecule has 3 unspecified atom stereocenters. The van der Waals surface area contributed by atoms with Crippen molar-refractivity contribution in [2.75, 3.05) is 26.2 Å². The van der Waals surface area contributed by atoms with Crippen LogP contribution in [0.4, 0.5) is 9.59 Å². The fourth-order valence-electron chi connectivity index (χ4n) is 8.80. The zero-order valence-corrected chi connectivity index (χ0v) is 27.7. The third-order valence-corrected chi connectivity index (χ3v) is 11.7. The first-order chi connectivity index (χ1) is 22.6. The lowest BCUT2D eigenvalue weighted by Gasteiger charge is -2.64. The van der Waals surface area contributed by atoms with Crippen LogP contribution in [-0.2, 0) is 36.8 Å². The molecular weight excluding hydrogens is 597 g/mol. The maximum absolute atomic E-state index is 14.1. The summed E-state index contributed by atoms with van der Waals surface area (Å²) >= 11 is 0. The maximum atomic E-state index is 14.1. The van der Waals surface area contributed by atoms with E-state index in [2.05, 4.69) is 20.8 Å². The zero-order chi connectivity index (χ0) is 32.8. The number of rotatable bonds is 8. The van der Waals surface area contributed by atoms with Gasteiger partial charge in [-0.15, -0.1) is 0 Å². The molecule has 3 saturated carbocycles. The molecule has 0 spiro atoms. The Bertz CT molecular complexity index is 1460. The van der Waals surface area contributed by atoms with Crippen molar-refractivity contribution in [1.82, 2.24) is 14.7 Å². The summed E-state index contributed by atoms with van der Waals surface area (Å²) in [5, 5.41) is 0. The number of nitrogens with zero attached hydrogens (tertiary/aromatic N) is 3. The SMILES string of the molecule is CC1(C)[C@@H]2CC3OB(C4CCCN4C(=O)CN(C(=O)OCc4ccccc4)C4CCN(C(=O)OCc5ccccc5)C4)O[C@@]3(C)[C@H]1C2. The van der Waals surface area contributed by atoms with E-state index in [9.17, 15) is 14.4 Å². The minimum atomic E-state index is -0.573. The molecule has 250 valence electrons. The van der Waals surface area contributed by atoms with Crippen molar-refractivity contribution in [3.8, 4) is 0 Å². The third kappa shape index (κ3) is 6.12. The fourth-order valence-corrected chi connectivity index (χ4v) is 8.80. The standard InChI is InChI=1S/C36H46BN3O7/c1-35(2)27-19-29(35)36(3)30(20-27)46-37(47-36)31-15-10-17-39(31)32(41)22-40(34(43)45-24-26-13-8-5-9-14-26)28-16-18-38(21-28)33(42)44-23-25-11-6-4-7-12-25/h4-9,11-14,27-31H,10,15-24H2,1-3H3/t27-,28?,29-,30?,31?,36-/m0/s1. The summed E-state index contributed by atoms with van der Waals surface area (Å²) in [4.78, 5) is 45.6. The van der Waals surface area contributed by atoms with E-state index in [0.29, 0.717) is 31.3 Å². The molecule has 2 aromatic rings. The van der Waals surface area contributed by atoms with Gasteiger partial charge in [0.15, 0.2) is 0 Å². The Morgan fingerprint density at radius 3 is 2.28 bits per heavy atom. The van der Waals surface area contributed by atoms with E-state index in [0.717, 1.165) is 30.4 Å². The Hall–Kier alpha value is -3.57. The van der Waals surface area contributed by atoms with Crippen molar-refractivity contribution in [1.29, 1.82) is 0 Å². The van der Waals surface area contributed by atoms with Crippen LogP contribution in [-0.4, -0.2) is 89.8 Å². The summed E-state index contributed by atoms with van der Waals surface area (Å²) in [5.74, 6) is 0.715. The highest BCUT2D eigenvalue weighted by molar-refractivity contribution is 6.48. The van der Waals surface area contributed by atoms with Crippen molar-refractivity contribution in [2.24, 2.45) is 17.3 Å². The topological polar surface area (TPSA) is 97.9 Å². The van der Waals surface area contributed by atoms with Crippen LogP contribution in [0.2, 0.25) is 0 Å². The van der Waals surface area contributed by atoms with Crippen LogP contribution in [0.25, 0.3) is 0 Å². The molecule has 0 N–H and O–H groups in total. The quantitative estimate of drug-likeness (QED) is 0.361. The number of carbonyl (C=O) groups excluding carboxylic acids is 3. The summed E-state index contributed by atoms with van der Waals surface area (Å²) in [6.45, 7) is 8.26. The molecule has 2 aromatic carbocycles. The van der Waals surface area contributed by atoms with Gasteiger partial charge in [-0.2, -0.15) is 0 Å². The average molecular weight is 644 g/mol. The average Bonchev–Trinajstić information content (AvgIpc) is 3.84. The van der Waals surface area contributed by atoms with Crippen LogP contribution >= 0.6 is 0 Å². The van der Waals surface area contributed by atoms with Gasteiger partial charge in [0.25, 0.3) is 0 Å². The van der Waals surface area contributed by atoms with Crippen LogP contribution in [0.5, 0.6) is 0 Å². The van der Waals surface area contributed by atoms with Crippen molar-refractivity contribution >= 4 is 25.2 Å². The summed E-state index contributed by atoms with van der Waals surface area (Å²) in [6.07, 6.45) is 3.35. The van der Waals surface area contributed by atoms with Gasteiger partial charge >= 0.3 is 19.3 Å². The van der Waals surface area contributed by atoms with Crippen LogP contribution in [0, 0.1) is 17.3 Å². The molecule has 3 aliphatic carbocycles. The molecule has 0 aromatic heterocycles. The predicted octanol–water partition coefficient (Wildman–Crippen LogP) is 5.29. The largest absolute Gasteiger partial charge is 0.481 e. The van der Waals surface area contributed by atoms with Crippen molar-refractivity contribution < 1.29 is 33.2 Å². The molecular formula is C36H46BN3O7. The molecule has 2 bridgehead atoms. The summed E-state index contributed by atoms with van der Waals surface area (Å²) < 4.78 is 24.6. The molecule has 11 heteroatoms. The molecule has 47 heavy (non-hydrogen) atoms. The van der Waals surface area contributed by atoms with Crippen LogP contribution in [0.1, 0.15) is 64.0 Å². The highest BCUT2D eigenvalue weighted by Gasteiger charge is 2.69. The Kier molecular flexibility index (Phi) is 8.72. The number of likely N-dealkylation sites (tertiary alicyclic amines) is 2. The smallest absolute Gasteiger partial charge is 0.445 e. The van der Waals surface area contributed by atoms with E-state index in [1.165, 1.54) is 11.3 Å². The van der Waals surface area contributed by atoms with Gasteiger partial charge in [-0.3, -0.25) is 9.69 Å². The number of hydrogen-bond donors (Lipinski definition) is 0. The van der Waals surface area contributed by atoms with Gasteiger partial charge in [0.1, 0.15) is 19.8 Å². The van der Waals surface area contributed by atoms with Gasteiger partial charge in [-0.05, 0) is 67.4 Å². The molecule has 6 atom stereocenters. The molecule has 6 fully saturated rings. The third-order valence-electron chi connectivity index (χ3n) is 11.7. The number of benzene rings is 2. The minimum Gasteiger partial charge on any atom is -0.445 e. The monoisotopic (exact) mass is 643 g/mol. The van der Waals surface area contributed by atoms with Crippen LogP contribution in [0.3, 0.4) is 0 Å². The highest BCUT2D eigenvalue weighted by atomic mass is 16.7. The summed E-state index contributed by atoms with van der Waals surface area (Å²) in [6, 6.07) is 18.6. The van der Waals surface area contributed by atoms with E-state index in [-0.39, 0.29) is 61.3 Å². The molecule has 0 radical (unpaired) electrons. The van der Waals surface area contributed by atoms with Gasteiger partial charge in [0, 0.05) is 19.6 Å². The van der Waals surface area contributed by atoms with Gasteiger partial charge < -0.3 is 28.6 Å². The second kappa shape index (κ2) is 12.8. The second-order valence-electron chi connectivity index (χ2n) is 14.7. The zero-order valence-electron chi connectivity index (χ0n) is 27.7. The second-order valence-corrected chi connectivity index (χ2v) is 14.7. The van der Waals surface area contributed by atoms with Crippen molar-refractivity contribution in [3.63, 3.8) is 0 Å². The van der Waals surface area contributed by atoms with Crippen LogP contribution in [0.15, 0.2) is 60.7 Å². The van der Waals surface area contributed by atoms with Gasteiger partial charge in [0.05, 0.1) is 23.7 Å². The first-order valence-corrected chi connectivity index (χ1v) is 17.2. The lowest BCUT2D eigenvalue weighted by Crippen LogP contribution is -2.65. The summed E-state index contributed by atoms with van der Waals surface area (Å²) in [7, 11) is -0.480. The highest BCUT2D eigenvalue weighted by Crippen LogP contribution is 2.66. The normalized spacial score (nSPS) is 30.4. The van der Waals surface area contributed by atoms with E-state index >= 15 is 0 Å². The minimum absolute atomic E-state index is 0.0393. The Morgan fingerprint density at radius 1 is 0.915 bits per heavy atom. The first kappa shape index (κ1) is 32.0. The van der Waals surface area contributed by atoms with Crippen molar-refractivity contribution in [2.45, 2.75) is 89.8 Å². The lowest BCUT2D eigenvalue weighted by atomic mass is 9.43. The van der Waals surface area contributed by atoms with Gasteiger partial charge in [0.2, 0.25) is 5.91 Å². The van der Waals surface area contributed by atoms with Gasteiger partial charge in [-0.1, -0.05) is 74.5 Å². The van der Waals surface area contributed by atoms with E-state index < -0.39 is 19.3 Å². The molecule has 3 amide bonds. The number of amides is 3. The fraction of sp³-hybridized carbons (Fsp3) is 0.583. The number of carbonyl (C=O) groups is 3. The van der Waals surface area contributed by atoms with Crippen molar-refractivity contribution in [3.05, 3.63) is 71.8 Å². The molecule has 3 saturated heterocycles. The molecule has 8 rings (SSSR count). The predicted molar refractivity (Wildman–Crippen MR) is 175 cm³/mol. The van der Waals surface area contributed by atoms with Crippen LogP contribution < -0.4 is 0 Å². The Labute approximate surface area is 277 Å². The van der Waals surface area contributed by atoms with E-state index in [1.54, 1.807) is 4.90 Å². The number of hydrogen-bond acceptors (Lipinski definition) is 7. The number of ether oxygens (including phenoxy) is 2. The van der Waals surface area contributed by atoms with E-state index in [4.69, 9.17) is 18.8 Å². The molecule has 3 heterocycles.